The fraction of sp³-hybridized carbons (Fsp3) is 0.778. The molecule has 0 atom stereocenters. The smallest absolute Gasteiger partial charge is 0.239 e. The topological polar surface area (TPSA) is 58.2 Å². The van der Waals surface area contributed by atoms with Crippen LogP contribution in [0.25, 0.3) is 0 Å². The summed E-state index contributed by atoms with van der Waals surface area (Å²) in [4.78, 5) is 22.2. The highest BCUT2D eigenvalue weighted by Crippen LogP contribution is 2.11. The van der Waals surface area contributed by atoms with Crippen LogP contribution in [-0.4, -0.2) is 24.9 Å². The van der Waals surface area contributed by atoms with Crippen molar-refractivity contribution in [1.29, 1.82) is 0 Å². The second kappa shape index (κ2) is 4.84. The molecule has 2 N–H and O–H groups in total. The van der Waals surface area contributed by atoms with Crippen LogP contribution in [0.15, 0.2) is 0 Å². The molecule has 0 aliphatic rings. The van der Waals surface area contributed by atoms with Gasteiger partial charge in [0.1, 0.15) is 0 Å². The van der Waals surface area contributed by atoms with Gasteiger partial charge in [0, 0.05) is 12.0 Å². The first-order valence-electron chi connectivity index (χ1n) is 4.43. The highest BCUT2D eigenvalue weighted by molar-refractivity contribution is 5.87. The average molecular weight is 186 g/mol. The SMILES string of the molecule is CCNC(=O)CNC(=O)C(C)(C)C. The minimum Gasteiger partial charge on any atom is -0.355 e. The van der Waals surface area contributed by atoms with Crippen LogP contribution in [0.4, 0.5) is 0 Å². The number of nitrogens with one attached hydrogen (secondary N) is 2. The Morgan fingerprint density at radius 2 is 1.69 bits per heavy atom. The number of rotatable bonds is 3. The molecule has 0 unspecified atom stereocenters. The molecule has 2 amide bonds. The molecule has 0 aliphatic carbocycles. The quantitative estimate of drug-likeness (QED) is 0.665. The Labute approximate surface area is 79.1 Å². The van der Waals surface area contributed by atoms with Crippen LogP contribution in [-0.2, 0) is 9.59 Å². The molecule has 0 rings (SSSR count). The molecule has 0 aliphatic heterocycles. The molecule has 0 bridgehead atoms. The number of hydrogen-bond acceptors (Lipinski definition) is 2. The van der Waals surface area contributed by atoms with Gasteiger partial charge >= 0.3 is 0 Å². The van der Waals surface area contributed by atoms with E-state index in [4.69, 9.17) is 0 Å². The molecule has 13 heavy (non-hydrogen) atoms. The van der Waals surface area contributed by atoms with E-state index in [1.54, 1.807) is 20.8 Å². The standard InChI is InChI=1S/C9H18N2O2/c1-5-10-7(12)6-11-8(13)9(2,3)4/h5-6H2,1-4H3,(H,10,12)(H,11,13). The van der Waals surface area contributed by atoms with Crippen LogP contribution >= 0.6 is 0 Å². The molecule has 0 fully saturated rings. The van der Waals surface area contributed by atoms with E-state index in [-0.39, 0.29) is 18.4 Å². The van der Waals surface area contributed by atoms with Gasteiger partial charge in [-0.2, -0.15) is 0 Å². The van der Waals surface area contributed by atoms with Crippen LogP contribution in [0.5, 0.6) is 0 Å². The van der Waals surface area contributed by atoms with E-state index in [0.29, 0.717) is 6.54 Å². The van der Waals surface area contributed by atoms with E-state index in [9.17, 15) is 9.59 Å². The van der Waals surface area contributed by atoms with Gasteiger partial charge in [-0.25, -0.2) is 0 Å². The zero-order chi connectivity index (χ0) is 10.5. The molecule has 76 valence electrons. The van der Waals surface area contributed by atoms with Crippen molar-refractivity contribution in [3.05, 3.63) is 0 Å². The summed E-state index contributed by atoms with van der Waals surface area (Å²) in [6.07, 6.45) is 0. The second-order valence-electron chi connectivity index (χ2n) is 3.89. The Morgan fingerprint density at radius 3 is 2.08 bits per heavy atom. The molecular formula is C9H18N2O2. The summed E-state index contributed by atoms with van der Waals surface area (Å²) in [6, 6.07) is 0. The van der Waals surface area contributed by atoms with Gasteiger partial charge in [-0.1, -0.05) is 20.8 Å². The monoisotopic (exact) mass is 186 g/mol. The van der Waals surface area contributed by atoms with Gasteiger partial charge in [0.15, 0.2) is 0 Å². The maximum absolute atomic E-state index is 11.3. The van der Waals surface area contributed by atoms with Crippen molar-refractivity contribution >= 4 is 11.8 Å². The largest absolute Gasteiger partial charge is 0.355 e. The van der Waals surface area contributed by atoms with Gasteiger partial charge in [-0.15, -0.1) is 0 Å². The van der Waals surface area contributed by atoms with E-state index in [1.807, 2.05) is 6.92 Å². The summed E-state index contributed by atoms with van der Waals surface area (Å²) in [7, 11) is 0. The van der Waals surface area contributed by atoms with E-state index in [2.05, 4.69) is 10.6 Å². The molecule has 4 nitrogen and oxygen atoms in total. The van der Waals surface area contributed by atoms with E-state index >= 15 is 0 Å². The van der Waals surface area contributed by atoms with Crippen LogP contribution in [0.3, 0.4) is 0 Å². The van der Waals surface area contributed by atoms with Crippen LogP contribution < -0.4 is 10.6 Å². The highest BCUT2D eigenvalue weighted by Gasteiger charge is 2.20. The third kappa shape index (κ3) is 5.22. The van der Waals surface area contributed by atoms with Crippen LogP contribution in [0, 0.1) is 5.41 Å². The predicted octanol–water partition coefficient (Wildman–Crippen LogP) is 0.285. The zero-order valence-electron chi connectivity index (χ0n) is 8.73. The third-order valence-corrected chi connectivity index (χ3v) is 1.46. The van der Waals surface area contributed by atoms with E-state index in [1.165, 1.54) is 0 Å². The highest BCUT2D eigenvalue weighted by atomic mass is 16.2. The Morgan fingerprint density at radius 1 is 1.15 bits per heavy atom. The van der Waals surface area contributed by atoms with Crippen LogP contribution in [0.2, 0.25) is 0 Å². The van der Waals surface area contributed by atoms with Gasteiger partial charge in [-0.05, 0) is 6.92 Å². The molecular weight excluding hydrogens is 168 g/mol. The average Bonchev–Trinajstić information content (AvgIpc) is 1.99. The molecule has 0 saturated carbocycles. The molecule has 0 spiro atoms. The van der Waals surface area contributed by atoms with Crippen LogP contribution in [0.1, 0.15) is 27.7 Å². The van der Waals surface area contributed by atoms with Gasteiger partial charge in [0.05, 0.1) is 6.54 Å². The summed E-state index contributed by atoms with van der Waals surface area (Å²) in [5, 5.41) is 5.15. The Kier molecular flexibility index (Phi) is 4.45. The van der Waals surface area contributed by atoms with Crippen molar-refractivity contribution in [2.45, 2.75) is 27.7 Å². The third-order valence-electron chi connectivity index (χ3n) is 1.46. The lowest BCUT2D eigenvalue weighted by Crippen LogP contribution is -2.41. The lowest BCUT2D eigenvalue weighted by molar-refractivity contribution is -0.131. The molecule has 0 aromatic rings. The van der Waals surface area contributed by atoms with Gasteiger partial charge in [0.2, 0.25) is 11.8 Å². The minimum absolute atomic E-state index is 0.0595. The molecule has 0 aromatic carbocycles. The Hall–Kier alpha value is -1.06. The van der Waals surface area contributed by atoms with E-state index in [0.717, 1.165) is 0 Å². The van der Waals surface area contributed by atoms with Gasteiger partial charge in [-0.3, -0.25) is 9.59 Å². The van der Waals surface area contributed by atoms with E-state index < -0.39 is 5.41 Å². The Balaban J connectivity index is 3.77. The number of likely N-dealkylation sites (N-methyl/N-ethyl adjacent to an activating group) is 1. The molecule has 0 saturated heterocycles. The first kappa shape index (κ1) is 11.9. The number of amides is 2. The van der Waals surface area contributed by atoms with Crippen molar-refractivity contribution in [3.63, 3.8) is 0 Å². The maximum atomic E-state index is 11.3. The van der Waals surface area contributed by atoms with Gasteiger partial charge in [0.25, 0.3) is 0 Å². The fourth-order valence-corrected chi connectivity index (χ4v) is 0.685. The lowest BCUT2D eigenvalue weighted by Gasteiger charge is -2.17. The molecule has 0 heterocycles. The summed E-state index contributed by atoms with van der Waals surface area (Å²) >= 11 is 0. The van der Waals surface area contributed by atoms with Crippen molar-refractivity contribution < 1.29 is 9.59 Å². The summed E-state index contributed by atoms with van der Waals surface area (Å²) < 4.78 is 0. The molecule has 0 radical (unpaired) electrons. The van der Waals surface area contributed by atoms with Crippen molar-refractivity contribution in [2.24, 2.45) is 5.41 Å². The van der Waals surface area contributed by atoms with Crippen molar-refractivity contribution in [1.82, 2.24) is 10.6 Å². The number of carbonyl (C=O) groups excluding carboxylic acids is 2. The number of hydrogen-bond donors (Lipinski definition) is 2. The fourth-order valence-electron chi connectivity index (χ4n) is 0.685. The molecule has 4 heteroatoms. The minimum atomic E-state index is -0.438. The maximum Gasteiger partial charge on any atom is 0.239 e. The summed E-state index contributed by atoms with van der Waals surface area (Å²) in [6.45, 7) is 7.90. The summed E-state index contributed by atoms with van der Waals surface area (Å²) in [5.41, 5.74) is -0.438. The van der Waals surface area contributed by atoms with Gasteiger partial charge < -0.3 is 10.6 Å². The second-order valence-corrected chi connectivity index (χ2v) is 3.89. The molecule has 0 aromatic heterocycles. The first-order chi connectivity index (χ1) is 5.88. The first-order valence-corrected chi connectivity index (χ1v) is 4.43. The lowest BCUT2D eigenvalue weighted by atomic mass is 9.96. The Bertz CT molecular complexity index is 194. The number of carbonyl (C=O) groups is 2. The zero-order valence-corrected chi connectivity index (χ0v) is 8.73. The van der Waals surface area contributed by atoms with Crippen molar-refractivity contribution in [3.8, 4) is 0 Å². The normalized spacial score (nSPS) is 10.8. The predicted molar refractivity (Wildman–Crippen MR) is 51.1 cm³/mol. The summed E-state index contributed by atoms with van der Waals surface area (Å²) in [5.74, 6) is -0.265. The van der Waals surface area contributed by atoms with Crippen molar-refractivity contribution in [2.75, 3.05) is 13.1 Å².